The van der Waals surface area contributed by atoms with Crippen LogP contribution >= 0.6 is 0 Å². The summed E-state index contributed by atoms with van der Waals surface area (Å²) >= 11 is 0. The Morgan fingerprint density at radius 2 is 1.61 bits per heavy atom. The molecule has 1 atom stereocenters. The van der Waals surface area contributed by atoms with Gasteiger partial charge in [0.15, 0.2) is 23.1 Å². The topological polar surface area (TPSA) is 90.0 Å². The normalized spacial score (nSPS) is 17.1. The number of carbonyl (C=O) groups excluding carboxylic acids is 2. The highest BCUT2D eigenvalue weighted by Gasteiger charge is 2.31. The molecule has 8 heteroatoms. The van der Waals surface area contributed by atoms with Crippen LogP contribution in [-0.2, 0) is 24.2 Å². The minimum Gasteiger partial charge on any atom is -0.482 e. The Morgan fingerprint density at radius 3 is 2.21 bits per heavy atom. The van der Waals surface area contributed by atoms with Gasteiger partial charge in [0.1, 0.15) is 5.75 Å². The van der Waals surface area contributed by atoms with E-state index < -0.39 is 34.4 Å². The maximum Gasteiger partial charge on any atom is 0.344 e. The number of anilines is 1. The van der Waals surface area contributed by atoms with E-state index in [0.717, 1.165) is 5.41 Å². The molecular weight excluding hydrogens is 382 g/mol. The molecule has 0 fully saturated rings. The lowest BCUT2D eigenvalue weighted by Gasteiger charge is -2.27. The third kappa shape index (κ3) is 5.20. The number of ether oxygens (including phenoxy) is 2. The van der Waals surface area contributed by atoms with Crippen molar-refractivity contribution < 1.29 is 27.5 Å². The van der Waals surface area contributed by atoms with E-state index in [0.29, 0.717) is 11.4 Å². The molecule has 1 aliphatic rings. The van der Waals surface area contributed by atoms with Crippen molar-refractivity contribution in [1.82, 2.24) is 0 Å². The fourth-order valence-corrected chi connectivity index (χ4v) is 4.01. The molecule has 146 valence electrons. The highest BCUT2D eigenvalue weighted by molar-refractivity contribution is 7.94. The molecule has 28 heavy (non-hydrogen) atoms. The van der Waals surface area contributed by atoms with Crippen LogP contribution in [0.15, 0.2) is 72.1 Å². The molecule has 7 nitrogen and oxygen atoms in total. The first-order valence-corrected chi connectivity index (χ1v) is 10.3. The molecule has 0 N–H and O–H groups in total. The summed E-state index contributed by atoms with van der Waals surface area (Å²) < 4.78 is 33.8. The predicted molar refractivity (Wildman–Crippen MR) is 104 cm³/mol. The summed E-state index contributed by atoms with van der Waals surface area (Å²) in [5.41, 5.74) is 0.524. The molecule has 0 saturated carbocycles. The van der Waals surface area contributed by atoms with Gasteiger partial charge < -0.3 is 14.4 Å². The number of para-hydroxylation sites is 2. The third-order valence-electron chi connectivity index (χ3n) is 4.00. The first-order chi connectivity index (χ1) is 13.4. The van der Waals surface area contributed by atoms with Crippen LogP contribution in [0, 0.1) is 0 Å². The molecule has 1 amide bonds. The van der Waals surface area contributed by atoms with E-state index in [4.69, 9.17) is 9.47 Å². The molecule has 2 aromatic rings. The summed E-state index contributed by atoms with van der Waals surface area (Å²) in [6, 6.07) is 16.7. The second-order valence-electron chi connectivity index (χ2n) is 6.09. The van der Waals surface area contributed by atoms with Gasteiger partial charge in [-0.25, -0.2) is 13.2 Å². The monoisotopic (exact) mass is 401 g/mol. The summed E-state index contributed by atoms with van der Waals surface area (Å²) in [5.74, 6) is -0.914. The summed E-state index contributed by atoms with van der Waals surface area (Å²) in [4.78, 5) is 25.9. The van der Waals surface area contributed by atoms with Crippen LogP contribution in [0.5, 0.6) is 5.75 Å². The van der Waals surface area contributed by atoms with Crippen LogP contribution in [0.4, 0.5) is 5.69 Å². The third-order valence-corrected chi connectivity index (χ3v) is 5.38. The molecule has 2 aromatic carbocycles. The molecule has 1 heterocycles. The van der Waals surface area contributed by atoms with Gasteiger partial charge in [-0.1, -0.05) is 36.4 Å². The highest BCUT2D eigenvalue weighted by atomic mass is 32.2. The van der Waals surface area contributed by atoms with Gasteiger partial charge in [0.2, 0.25) is 0 Å². The first-order valence-electron chi connectivity index (χ1n) is 8.56. The van der Waals surface area contributed by atoms with Crippen LogP contribution in [-0.4, -0.2) is 45.3 Å². The number of benzene rings is 2. The number of rotatable bonds is 7. The van der Waals surface area contributed by atoms with E-state index in [1.54, 1.807) is 54.6 Å². The van der Waals surface area contributed by atoms with Crippen molar-refractivity contribution in [2.45, 2.75) is 6.04 Å². The van der Waals surface area contributed by atoms with Crippen molar-refractivity contribution in [3.05, 3.63) is 72.1 Å². The van der Waals surface area contributed by atoms with Crippen molar-refractivity contribution in [3.8, 4) is 5.75 Å². The Hall–Kier alpha value is -3.13. The van der Waals surface area contributed by atoms with E-state index in [-0.39, 0.29) is 12.4 Å². The van der Waals surface area contributed by atoms with Gasteiger partial charge >= 0.3 is 5.97 Å². The van der Waals surface area contributed by atoms with Gasteiger partial charge in [-0.05, 0) is 30.3 Å². The zero-order chi connectivity index (χ0) is 20.0. The van der Waals surface area contributed by atoms with Crippen molar-refractivity contribution in [3.63, 3.8) is 0 Å². The Bertz CT molecular complexity index is 957. The van der Waals surface area contributed by atoms with Gasteiger partial charge in [-0.3, -0.25) is 4.79 Å². The number of hydrogen-bond donors (Lipinski definition) is 0. The summed E-state index contributed by atoms with van der Waals surface area (Å²) in [6.07, 6.45) is 1.46. The minimum atomic E-state index is -3.35. The van der Waals surface area contributed by atoms with Crippen LogP contribution in [0.2, 0.25) is 0 Å². The van der Waals surface area contributed by atoms with Gasteiger partial charge in [0.25, 0.3) is 5.91 Å². The molecule has 1 unspecified atom stereocenters. The van der Waals surface area contributed by atoms with Gasteiger partial charge in [0.05, 0.1) is 11.8 Å². The zero-order valence-electron chi connectivity index (χ0n) is 14.9. The molecule has 1 aliphatic heterocycles. The van der Waals surface area contributed by atoms with Crippen LogP contribution < -0.4 is 9.64 Å². The van der Waals surface area contributed by atoms with E-state index in [9.17, 15) is 18.0 Å². The van der Waals surface area contributed by atoms with E-state index >= 15 is 0 Å². The fraction of sp³-hybridized carbons (Fsp3) is 0.200. The second-order valence-corrected chi connectivity index (χ2v) is 8.02. The van der Waals surface area contributed by atoms with Gasteiger partial charge in [-0.15, -0.1) is 0 Å². The number of sulfone groups is 1. The fourth-order valence-electron chi connectivity index (χ4n) is 2.74. The Kier molecular flexibility index (Phi) is 6.10. The smallest absolute Gasteiger partial charge is 0.344 e. The summed E-state index contributed by atoms with van der Waals surface area (Å²) in [6.45, 7) is -0.851. The number of esters is 1. The molecule has 0 spiro atoms. The van der Waals surface area contributed by atoms with E-state index in [1.165, 1.54) is 11.0 Å². The Balaban J connectivity index is 1.62. The van der Waals surface area contributed by atoms with Crippen molar-refractivity contribution in [1.29, 1.82) is 0 Å². The zero-order valence-corrected chi connectivity index (χ0v) is 15.7. The lowest BCUT2D eigenvalue weighted by Crippen LogP contribution is -2.43. The SMILES string of the molecule is O=C(COc1ccccc1)OCC(=O)N(c1ccccc1)C1C=CS(=O)(=O)C1. The van der Waals surface area contributed by atoms with Crippen LogP contribution in [0.25, 0.3) is 0 Å². The second kappa shape index (κ2) is 8.71. The van der Waals surface area contributed by atoms with Crippen LogP contribution in [0.1, 0.15) is 0 Å². The van der Waals surface area contributed by atoms with Gasteiger partial charge in [-0.2, -0.15) is 0 Å². The van der Waals surface area contributed by atoms with Crippen molar-refractivity contribution >= 4 is 27.4 Å². The quantitative estimate of drug-likeness (QED) is 0.659. The predicted octanol–water partition coefficient (Wildman–Crippen LogP) is 1.95. The average molecular weight is 401 g/mol. The molecule has 3 rings (SSSR count). The Labute approximate surface area is 163 Å². The summed E-state index contributed by atoms with van der Waals surface area (Å²) in [5, 5.41) is 1.10. The number of amides is 1. The van der Waals surface area contributed by atoms with Gasteiger partial charge in [0, 0.05) is 11.1 Å². The maximum absolute atomic E-state index is 12.7. The summed E-state index contributed by atoms with van der Waals surface area (Å²) in [7, 11) is -3.35. The molecular formula is C20H19NO6S. The minimum absolute atomic E-state index is 0.210. The first kappa shape index (κ1) is 19.6. The Morgan fingerprint density at radius 1 is 0.964 bits per heavy atom. The number of hydrogen-bond acceptors (Lipinski definition) is 6. The van der Waals surface area contributed by atoms with Crippen molar-refractivity contribution in [2.24, 2.45) is 0 Å². The maximum atomic E-state index is 12.7. The van der Waals surface area contributed by atoms with E-state index in [1.807, 2.05) is 6.07 Å². The highest BCUT2D eigenvalue weighted by Crippen LogP contribution is 2.22. The lowest BCUT2D eigenvalue weighted by atomic mass is 10.2. The molecule has 0 bridgehead atoms. The van der Waals surface area contributed by atoms with Crippen LogP contribution in [0.3, 0.4) is 0 Å². The standard InChI is InChI=1S/C20H19NO6S/c22-19(13-27-20(23)14-26-18-9-5-2-6-10-18)21(16-7-3-1-4-8-16)17-11-12-28(24,25)15-17/h1-12,17H,13-15H2. The van der Waals surface area contributed by atoms with E-state index in [2.05, 4.69) is 0 Å². The van der Waals surface area contributed by atoms with Crippen molar-refractivity contribution in [2.75, 3.05) is 23.9 Å². The largest absolute Gasteiger partial charge is 0.482 e. The number of nitrogens with zero attached hydrogens (tertiary/aromatic N) is 1. The number of carbonyl (C=O) groups is 2. The molecule has 0 radical (unpaired) electrons. The average Bonchev–Trinajstić information content (AvgIpc) is 3.06. The lowest BCUT2D eigenvalue weighted by molar-refractivity contribution is -0.149. The molecule has 0 aromatic heterocycles. The molecule has 0 saturated heterocycles. The molecule has 0 aliphatic carbocycles.